The van der Waals surface area contributed by atoms with Gasteiger partial charge in [0.1, 0.15) is 13.9 Å². The largest absolute Gasteiger partial charge is 0.238 e. The molecule has 0 radical (unpaired) electrons. The van der Waals surface area contributed by atoms with E-state index in [0.29, 0.717) is 11.3 Å². The molecule has 0 heterocycles. The van der Waals surface area contributed by atoms with Crippen LogP contribution in [0.15, 0.2) is 18.2 Å². The third kappa shape index (κ3) is 3.57. The molecule has 1 aromatic carbocycles. The second-order valence-corrected chi connectivity index (χ2v) is 9.03. The Labute approximate surface area is 90.8 Å². The summed E-state index contributed by atoms with van der Waals surface area (Å²) in [6.45, 7) is 13.0. The lowest BCUT2D eigenvalue weighted by Gasteiger charge is -2.03. The average Bonchev–Trinajstić information content (AvgIpc) is 2.14. The van der Waals surface area contributed by atoms with Gasteiger partial charge in [0.25, 0.3) is 0 Å². The molecule has 0 spiro atoms. The highest BCUT2D eigenvalue weighted by atomic mass is 28.3. The topological polar surface area (TPSA) is 4.36 Å². The zero-order valence-corrected chi connectivity index (χ0v) is 10.1. The highest BCUT2D eigenvalue weighted by molar-refractivity contribution is 6.83. The van der Waals surface area contributed by atoms with Crippen molar-refractivity contribution < 1.29 is 4.39 Å². The normalized spacial score (nSPS) is 10.1. The molecular formula is C12H12FNSi. The molecule has 1 aromatic rings. The van der Waals surface area contributed by atoms with Crippen molar-refractivity contribution in [2.45, 2.75) is 19.6 Å². The van der Waals surface area contributed by atoms with Crippen LogP contribution in [-0.2, 0) is 0 Å². The molecular weight excluding hydrogens is 205 g/mol. The van der Waals surface area contributed by atoms with Crippen molar-refractivity contribution in [2.24, 2.45) is 0 Å². The quantitative estimate of drug-likeness (QED) is 0.355. The second kappa shape index (κ2) is 4.29. The molecule has 0 unspecified atom stereocenters. The van der Waals surface area contributed by atoms with E-state index in [0.717, 1.165) is 0 Å². The van der Waals surface area contributed by atoms with Crippen LogP contribution in [0.4, 0.5) is 10.1 Å². The van der Waals surface area contributed by atoms with E-state index in [9.17, 15) is 4.39 Å². The van der Waals surface area contributed by atoms with Gasteiger partial charge < -0.3 is 0 Å². The van der Waals surface area contributed by atoms with E-state index in [2.05, 4.69) is 36.0 Å². The first-order chi connectivity index (χ1) is 6.92. The van der Waals surface area contributed by atoms with E-state index < -0.39 is 13.9 Å². The molecule has 0 atom stereocenters. The predicted octanol–water partition coefficient (Wildman–Crippen LogP) is 3.61. The molecule has 0 saturated heterocycles. The van der Waals surface area contributed by atoms with Gasteiger partial charge in [-0.05, 0) is 6.07 Å². The first-order valence-corrected chi connectivity index (χ1v) is 8.12. The third-order valence-corrected chi connectivity index (χ3v) is 2.53. The standard InChI is InChI=1S/C12H12FNSi/c1-14-11-6-5-10(12(13)9-11)7-8-15(2,3)4/h5-6,9H,2-4H3. The number of rotatable bonds is 0. The van der Waals surface area contributed by atoms with Crippen molar-refractivity contribution in [3.8, 4) is 11.5 Å². The fourth-order valence-electron chi connectivity index (χ4n) is 0.930. The van der Waals surface area contributed by atoms with Gasteiger partial charge in [0.2, 0.25) is 0 Å². The molecule has 0 N–H and O–H groups in total. The molecule has 0 amide bonds. The zero-order valence-electron chi connectivity index (χ0n) is 9.06. The van der Waals surface area contributed by atoms with E-state index in [4.69, 9.17) is 6.57 Å². The van der Waals surface area contributed by atoms with Crippen LogP contribution in [0.1, 0.15) is 5.56 Å². The third-order valence-electron chi connectivity index (χ3n) is 1.65. The average molecular weight is 217 g/mol. The predicted molar refractivity (Wildman–Crippen MR) is 62.9 cm³/mol. The van der Waals surface area contributed by atoms with Crippen LogP contribution in [0.3, 0.4) is 0 Å². The lowest BCUT2D eigenvalue weighted by atomic mass is 10.2. The minimum atomic E-state index is -1.47. The van der Waals surface area contributed by atoms with Gasteiger partial charge in [-0.2, -0.15) is 0 Å². The Morgan fingerprint density at radius 2 is 2.00 bits per heavy atom. The summed E-state index contributed by atoms with van der Waals surface area (Å²) in [6.07, 6.45) is 0. The Kier molecular flexibility index (Phi) is 3.29. The van der Waals surface area contributed by atoms with E-state index in [1.807, 2.05) is 0 Å². The van der Waals surface area contributed by atoms with Gasteiger partial charge in [-0.15, -0.1) is 5.54 Å². The van der Waals surface area contributed by atoms with E-state index in [1.54, 1.807) is 12.1 Å². The van der Waals surface area contributed by atoms with Crippen LogP contribution >= 0.6 is 0 Å². The smallest absolute Gasteiger partial charge is 0.190 e. The van der Waals surface area contributed by atoms with Crippen LogP contribution in [0.2, 0.25) is 19.6 Å². The molecule has 0 aliphatic heterocycles. The van der Waals surface area contributed by atoms with Gasteiger partial charge in [0.05, 0.1) is 12.1 Å². The first-order valence-electron chi connectivity index (χ1n) is 4.62. The summed E-state index contributed by atoms with van der Waals surface area (Å²) in [7, 11) is -1.47. The van der Waals surface area contributed by atoms with Crippen LogP contribution in [0, 0.1) is 23.9 Å². The fourth-order valence-corrected chi connectivity index (χ4v) is 1.44. The number of nitrogens with zero attached hydrogens (tertiary/aromatic N) is 1. The van der Waals surface area contributed by atoms with Crippen molar-refractivity contribution in [1.29, 1.82) is 0 Å². The SMILES string of the molecule is [C-]#[N+]c1ccc(C#C[Si](C)(C)C)c(F)c1. The molecule has 3 heteroatoms. The van der Waals surface area contributed by atoms with Crippen molar-refractivity contribution in [3.63, 3.8) is 0 Å². The van der Waals surface area contributed by atoms with Gasteiger partial charge in [-0.25, -0.2) is 9.24 Å². The second-order valence-electron chi connectivity index (χ2n) is 4.28. The summed E-state index contributed by atoms with van der Waals surface area (Å²) < 4.78 is 13.4. The molecule has 76 valence electrons. The highest BCUT2D eigenvalue weighted by Crippen LogP contribution is 2.16. The molecule has 1 nitrogen and oxygen atoms in total. The van der Waals surface area contributed by atoms with E-state index in [1.165, 1.54) is 6.07 Å². The number of hydrogen-bond donors (Lipinski definition) is 0. The van der Waals surface area contributed by atoms with E-state index >= 15 is 0 Å². The minimum Gasteiger partial charge on any atom is -0.238 e. The van der Waals surface area contributed by atoms with Crippen LogP contribution in [0.5, 0.6) is 0 Å². The maximum atomic E-state index is 13.4. The molecule has 0 bridgehead atoms. The summed E-state index contributed by atoms with van der Waals surface area (Å²) in [5.41, 5.74) is 3.78. The lowest BCUT2D eigenvalue weighted by Crippen LogP contribution is -2.16. The van der Waals surface area contributed by atoms with Crippen molar-refractivity contribution >= 4 is 13.8 Å². The van der Waals surface area contributed by atoms with Gasteiger partial charge >= 0.3 is 0 Å². The Hall–Kier alpha value is -1.58. The Balaban J connectivity index is 3.07. The van der Waals surface area contributed by atoms with Crippen molar-refractivity contribution in [1.82, 2.24) is 0 Å². The first kappa shape index (κ1) is 11.5. The van der Waals surface area contributed by atoms with Gasteiger partial charge in [0, 0.05) is 0 Å². The molecule has 0 fully saturated rings. The lowest BCUT2D eigenvalue weighted by molar-refractivity contribution is 0.625. The molecule has 1 rings (SSSR count). The summed E-state index contributed by atoms with van der Waals surface area (Å²) >= 11 is 0. The van der Waals surface area contributed by atoms with Crippen LogP contribution in [0.25, 0.3) is 4.85 Å². The highest BCUT2D eigenvalue weighted by Gasteiger charge is 2.08. The van der Waals surface area contributed by atoms with Gasteiger partial charge in [-0.3, -0.25) is 0 Å². The molecule has 0 saturated carbocycles. The number of benzene rings is 1. The minimum absolute atomic E-state index is 0.311. The van der Waals surface area contributed by atoms with Crippen molar-refractivity contribution in [3.05, 3.63) is 41.0 Å². The molecule has 0 aliphatic rings. The molecule has 0 aromatic heterocycles. The van der Waals surface area contributed by atoms with Crippen molar-refractivity contribution in [2.75, 3.05) is 0 Å². The summed E-state index contributed by atoms with van der Waals surface area (Å²) in [5.74, 6) is 2.43. The Morgan fingerprint density at radius 1 is 1.33 bits per heavy atom. The Bertz CT molecular complexity index is 469. The van der Waals surface area contributed by atoms with Crippen LogP contribution < -0.4 is 0 Å². The maximum absolute atomic E-state index is 13.4. The maximum Gasteiger partial charge on any atom is 0.190 e. The zero-order chi connectivity index (χ0) is 11.5. The number of hydrogen-bond acceptors (Lipinski definition) is 0. The van der Waals surface area contributed by atoms with Gasteiger partial charge in [-0.1, -0.05) is 37.7 Å². The Morgan fingerprint density at radius 3 is 2.47 bits per heavy atom. The summed E-state index contributed by atoms with van der Waals surface area (Å²) in [6, 6.07) is 4.38. The molecule has 15 heavy (non-hydrogen) atoms. The van der Waals surface area contributed by atoms with Gasteiger partial charge in [0.15, 0.2) is 5.69 Å². The molecule has 0 aliphatic carbocycles. The monoisotopic (exact) mass is 217 g/mol. The summed E-state index contributed by atoms with van der Waals surface area (Å²) in [5, 5.41) is 0. The van der Waals surface area contributed by atoms with Crippen LogP contribution in [-0.4, -0.2) is 8.07 Å². The summed E-state index contributed by atoms with van der Waals surface area (Å²) in [4.78, 5) is 3.15. The fraction of sp³-hybridized carbons (Fsp3) is 0.250. The number of halogens is 1. The van der Waals surface area contributed by atoms with E-state index in [-0.39, 0.29) is 0 Å².